The number of carboxylic acids is 1. The van der Waals surface area contributed by atoms with Crippen molar-refractivity contribution in [1.82, 2.24) is 10.2 Å². The molecule has 4 rings (SSSR count). The predicted molar refractivity (Wildman–Crippen MR) is 63.5 cm³/mol. The summed E-state index contributed by atoms with van der Waals surface area (Å²) in [5.74, 6) is 0.321. The zero-order valence-electron chi connectivity index (χ0n) is 10.0. The lowest BCUT2D eigenvalue weighted by Gasteiger charge is -2.56. The largest absolute Gasteiger partial charge is 0.478 e. The first-order valence-corrected chi connectivity index (χ1v) is 5.99. The number of nitrogens with zero attached hydrogens (tertiary/aromatic N) is 1. The fraction of sp³-hybridized carbons (Fsp3) is 0.538. The molecule has 90 valence electrons. The minimum absolute atomic E-state index is 0.289. The van der Waals surface area contributed by atoms with Gasteiger partial charge in [-0.05, 0) is 35.7 Å². The summed E-state index contributed by atoms with van der Waals surface area (Å²) in [5, 5.41) is 15.8. The Hall–Kier alpha value is -1.58. The average molecular weight is 232 g/mol. The molecule has 3 aliphatic carbocycles. The zero-order valence-corrected chi connectivity index (χ0v) is 10.0. The first-order chi connectivity index (χ1) is 8.01. The number of hydrogen-bond acceptors (Lipinski definition) is 2. The van der Waals surface area contributed by atoms with Gasteiger partial charge in [0.05, 0.1) is 11.9 Å². The number of allylic oxidation sites excluding steroid dienone is 2. The lowest BCUT2D eigenvalue weighted by Crippen LogP contribution is -2.47. The fourth-order valence-corrected chi connectivity index (χ4v) is 3.30. The monoisotopic (exact) mass is 232 g/mol. The Bertz CT molecular complexity index is 513. The highest BCUT2D eigenvalue weighted by molar-refractivity contribution is 5.93. The van der Waals surface area contributed by atoms with Crippen molar-refractivity contribution in [2.75, 3.05) is 0 Å². The van der Waals surface area contributed by atoms with Crippen molar-refractivity contribution in [3.8, 4) is 0 Å². The SMILES string of the molecule is CC1(C)C2CC=C(c3[nH]ncc3C(=O)O)C1C2. The second kappa shape index (κ2) is 3.22. The average Bonchev–Trinajstić information content (AvgIpc) is 2.77. The Kier molecular flexibility index (Phi) is 2.00. The van der Waals surface area contributed by atoms with E-state index in [-0.39, 0.29) is 5.56 Å². The van der Waals surface area contributed by atoms with Gasteiger partial charge < -0.3 is 5.11 Å². The fourth-order valence-electron chi connectivity index (χ4n) is 3.30. The van der Waals surface area contributed by atoms with Gasteiger partial charge >= 0.3 is 5.97 Å². The van der Waals surface area contributed by atoms with Gasteiger partial charge in [0.15, 0.2) is 0 Å². The maximum absolute atomic E-state index is 11.1. The van der Waals surface area contributed by atoms with Gasteiger partial charge in [-0.25, -0.2) is 4.79 Å². The minimum atomic E-state index is -0.908. The molecule has 0 amide bonds. The quantitative estimate of drug-likeness (QED) is 0.823. The molecule has 2 bridgehead atoms. The van der Waals surface area contributed by atoms with E-state index in [1.807, 2.05) is 0 Å². The molecule has 0 saturated heterocycles. The van der Waals surface area contributed by atoms with E-state index < -0.39 is 5.97 Å². The third-order valence-corrected chi connectivity index (χ3v) is 4.63. The molecule has 4 heteroatoms. The van der Waals surface area contributed by atoms with Crippen molar-refractivity contribution in [2.45, 2.75) is 26.7 Å². The number of nitrogens with one attached hydrogen (secondary N) is 1. The van der Waals surface area contributed by atoms with Crippen LogP contribution in [-0.4, -0.2) is 21.3 Å². The number of rotatable bonds is 2. The molecule has 0 aliphatic heterocycles. The first-order valence-electron chi connectivity index (χ1n) is 5.99. The summed E-state index contributed by atoms with van der Waals surface area (Å²) in [6.07, 6.45) is 5.81. The van der Waals surface area contributed by atoms with Gasteiger partial charge in [-0.1, -0.05) is 19.9 Å². The van der Waals surface area contributed by atoms with E-state index in [2.05, 4.69) is 30.1 Å². The van der Waals surface area contributed by atoms with Crippen LogP contribution in [0.1, 0.15) is 42.7 Å². The molecule has 3 aliphatic rings. The van der Waals surface area contributed by atoms with Crippen LogP contribution in [0, 0.1) is 17.3 Å². The normalized spacial score (nSPS) is 29.4. The molecule has 1 aromatic heterocycles. The molecule has 1 heterocycles. The van der Waals surface area contributed by atoms with E-state index in [0.717, 1.165) is 17.9 Å². The van der Waals surface area contributed by atoms with Crippen LogP contribution in [0.4, 0.5) is 0 Å². The van der Waals surface area contributed by atoms with Gasteiger partial charge in [-0.2, -0.15) is 5.10 Å². The van der Waals surface area contributed by atoms with Gasteiger partial charge in [0.1, 0.15) is 5.56 Å². The maximum atomic E-state index is 11.1. The van der Waals surface area contributed by atoms with Crippen molar-refractivity contribution in [1.29, 1.82) is 0 Å². The molecule has 1 saturated carbocycles. The first kappa shape index (κ1) is 10.6. The van der Waals surface area contributed by atoms with Crippen molar-refractivity contribution in [3.05, 3.63) is 23.5 Å². The molecule has 0 spiro atoms. The highest BCUT2D eigenvalue weighted by Crippen LogP contribution is 2.61. The predicted octanol–water partition coefficient (Wildman–Crippen LogP) is 2.56. The molecule has 17 heavy (non-hydrogen) atoms. The Balaban J connectivity index is 2.03. The summed E-state index contributed by atoms with van der Waals surface area (Å²) in [5.41, 5.74) is 2.43. The molecule has 1 aromatic rings. The molecule has 0 aromatic carbocycles. The smallest absolute Gasteiger partial charge is 0.339 e. The zero-order chi connectivity index (χ0) is 12.2. The number of H-pyrrole nitrogens is 1. The second-order valence-corrected chi connectivity index (χ2v) is 5.67. The third-order valence-electron chi connectivity index (χ3n) is 4.63. The van der Waals surface area contributed by atoms with Crippen LogP contribution in [0.2, 0.25) is 0 Å². The van der Waals surface area contributed by atoms with E-state index >= 15 is 0 Å². The molecule has 2 atom stereocenters. The summed E-state index contributed by atoms with van der Waals surface area (Å²) in [6.45, 7) is 4.55. The summed E-state index contributed by atoms with van der Waals surface area (Å²) >= 11 is 0. The van der Waals surface area contributed by atoms with Gasteiger partial charge in [0.2, 0.25) is 0 Å². The Labute approximate surface area is 99.7 Å². The van der Waals surface area contributed by atoms with Crippen LogP contribution in [0.15, 0.2) is 12.3 Å². The number of carbonyl (C=O) groups is 1. The van der Waals surface area contributed by atoms with E-state index in [9.17, 15) is 4.79 Å². The summed E-state index contributed by atoms with van der Waals surface area (Å²) in [4.78, 5) is 11.1. The molecule has 2 unspecified atom stereocenters. The van der Waals surface area contributed by atoms with E-state index in [4.69, 9.17) is 5.11 Å². The van der Waals surface area contributed by atoms with E-state index in [0.29, 0.717) is 17.0 Å². The van der Waals surface area contributed by atoms with Crippen LogP contribution in [0.25, 0.3) is 5.57 Å². The Morgan fingerprint density at radius 3 is 2.94 bits per heavy atom. The summed E-state index contributed by atoms with van der Waals surface area (Å²) < 4.78 is 0. The molecule has 2 N–H and O–H groups in total. The van der Waals surface area contributed by atoms with E-state index in [1.54, 1.807) is 0 Å². The molecular weight excluding hydrogens is 216 g/mol. The van der Waals surface area contributed by atoms with Gasteiger partial charge in [0, 0.05) is 0 Å². The highest BCUT2D eigenvalue weighted by Gasteiger charge is 2.52. The number of aromatic nitrogens is 2. The highest BCUT2D eigenvalue weighted by atomic mass is 16.4. The summed E-state index contributed by atoms with van der Waals surface area (Å²) in [7, 11) is 0. The van der Waals surface area contributed by atoms with Crippen molar-refractivity contribution in [3.63, 3.8) is 0 Å². The Morgan fingerprint density at radius 2 is 2.35 bits per heavy atom. The minimum Gasteiger partial charge on any atom is -0.478 e. The van der Waals surface area contributed by atoms with Crippen molar-refractivity contribution < 1.29 is 9.90 Å². The van der Waals surface area contributed by atoms with Crippen LogP contribution in [0.3, 0.4) is 0 Å². The lowest BCUT2D eigenvalue weighted by molar-refractivity contribution is 0.0110. The lowest BCUT2D eigenvalue weighted by atomic mass is 9.48. The topological polar surface area (TPSA) is 66.0 Å². The molecular formula is C13H16N2O2. The van der Waals surface area contributed by atoms with Crippen molar-refractivity contribution in [2.24, 2.45) is 17.3 Å². The number of aromatic carboxylic acids is 1. The molecule has 4 nitrogen and oxygen atoms in total. The number of hydrogen-bond donors (Lipinski definition) is 2. The van der Waals surface area contributed by atoms with E-state index in [1.165, 1.54) is 12.6 Å². The standard InChI is InChI=1S/C13H16N2O2/c1-13(2)7-3-4-8(10(13)5-7)11-9(12(16)17)6-14-15-11/h4,6-7,10H,3,5H2,1-2H3,(H,14,15)(H,16,17). The maximum Gasteiger partial charge on any atom is 0.339 e. The molecule has 0 radical (unpaired) electrons. The summed E-state index contributed by atoms with van der Waals surface area (Å²) in [6, 6.07) is 0. The van der Waals surface area contributed by atoms with Crippen molar-refractivity contribution >= 4 is 11.5 Å². The number of aromatic amines is 1. The van der Waals surface area contributed by atoms with Gasteiger partial charge in [0.25, 0.3) is 0 Å². The van der Waals surface area contributed by atoms with Gasteiger partial charge in [-0.15, -0.1) is 0 Å². The van der Waals surface area contributed by atoms with Crippen LogP contribution >= 0.6 is 0 Å². The second-order valence-electron chi connectivity index (χ2n) is 5.67. The Morgan fingerprint density at radius 1 is 1.59 bits per heavy atom. The molecule has 1 fully saturated rings. The number of carboxylic acid groups (broad SMARTS) is 1. The van der Waals surface area contributed by atoms with Crippen LogP contribution in [0.5, 0.6) is 0 Å². The number of fused-ring (bicyclic) bond motifs is 1. The van der Waals surface area contributed by atoms with Crippen LogP contribution in [-0.2, 0) is 0 Å². The van der Waals surface area contributed by atoms with Gasteiger partial charge in [-0.3, -0.25) is 5.10 Å². The van der Waals surface area contributed by atoms with Crippen LogP contribution < -0.4 is 0 Å². The third kappa shape index (κ3) is 1.30.